The van der Waals surface area contributed by atoms with Gasteiger partial charge in [-0.15, -0.1) is 0 Å². The second kappa shape index (κ2) is 5.00. The van der Waals surface area contributed by atoms with Crippen LogP contribution in [0.2, 0.25) is 0 Å². The van der Waals surface area contributed by atoms with Crippen molar-refractivity contribution in [1.82, 2.24) is 0 Å². The summed E-state index contributed by atoms with van der Waals surface area (Å²) in [5, 5.41) is 0. The summed E-state index contributed by atoms with van der Waals surface area (Å²) in [6.07, 6.45) is 9.06. The Morgan fingerprint density at radius 3 is 2.69 bits per heavy atom. The van der Waals surface area contributed by atoms with Crippen LogP contribution in [0.3, 0.4) is 0 Å². The molecular weight excluding hydrogens is 160 g/mol. The molecule has 1 nitrogen and oxygen atoms in total. The Bertz CT molecular complexity index is 246. The third-order valence-corrected chi connectivity index (χ3v) is 2.53. The summed E-state index contributed by atoms with van der Waals surface area (Å²) in [6, 6.07) is 0. The highest BCUT2D eigenvalue weighted by Gasteiger charge is 2.15. The molecule has 0 unspecified atom stereocenters. The first-order valence-corrected chi connectivity index (χ1v) is 5.12. The molecule has 0 saturated heterocycles. The molecule has 1 aliphatic rings. The zero-order chi connectivity index (χ0) is 9.68. The van der Waals surface area contributed by atoms with Crippen LogP contribution in [0.4, 0.5) is 0 Å². The largest absolute Gasteiger partial charge is 0.295 e. The van der Waals surface area contributed by atoms with Gasteiger partial charge in [-0.25, -0.2) is 0 Å². The second-order valence-corrected chi connectivity index (χ2v) is 3.62. The molecule has 0 fully saturated rings. The van der Waals surface area contributed by atoms with Gasteiger partial charge in [0, 0.05) is 6.42 Å². The lowest BCUT2D eigenvalue weighted by molar-refractivity contribution is -0.116. The molecule has 1 heteroatoms. The highest BCUT2D eigenvalue weighted by molar-refractivity contribution is 5.97. The van der Waals surface area contributed by atoms with E-state index in [0.29, 0.717) is 5.78 Å². The SMILES string of the molecule is CC/C=C\CC1=C(C)CCCC1=O. The van der Waals surface area contributed by atoms with Gasteiger partial charge >= 0.3 is 0 Å². The first kappa shape index (κ1) is 10.2. The van der Waals surface area contributed by atoms with Crippen molar-refractivity contribution in [3.8, 4) is 0 Å². The topological polar surface area (TPSA) is 17.1 Å². The lowest BCUT2D eigenvalue weighted by Gasteiger charge is -2.14. The normalized spacial score (nSPS) is 18.8. The van der Waals surface area contributed by atoms with Crippen LogP contribution in [0.15, 0.2) is 23.3 Å². The van der Waals surface area contributed by atoms with Gasteiger partial charge in [0.2, 0.25) is 0 Å². The lowest BCUT2D eigenvalue weighted by atomic mass is 9.89. The molecule has 0 radical (unpaired) electrons. The Labute approximate surface area is 80.5 Å². The minimum Gasteiger partial charge on any atom is -0.295 e. The highest BCUT2D eigenvalue weighted by atomic mass is 16.1. The van der Waals surface area contributed by atoms with Crippen molar-refractivity contribution >= 4 is 5.78 Å². The van der Waals surface area contributed by atoms with Crippen LogP contribution < -0.4 is 0 Å². The second-order valence-electron chi connectivity index (χ2n) is 3.62. The lowest BCUT2D eigenvalue weighted by Crippen LogP contribution is -2.09. The van der Waals surface area contributed by atoms with E-state index in [-0.39, 0.29) is 0 Å². The maximum atomic E-state index is 11.5. The molecule has 1 aliphatic carbocycles. The Morgan fingerprint density at radius 1 is 1.31 bits per heavy atom. The number of carbonyl (C=O) groups excluding carboxylic acids is 1. The fourth-order valence-electron chi connectivity index (χ4n) is 1.71. The summed E-state index contributed by atoms with van der Waals surface area (Å²) in [4.78, 5) is 11.5. The molecule has 0 atom stereocenters. The molecule has 0 N–H and O–H groups in total. The van der Waals surface area contributed by atoms with Crippen LogP contribution in [0.5, 0.6) is 0 Å². The van der Waals surface area contributed by atoms with Crippen molar-refractivity contribution < 1.29 is 4.79 Å². The van der Waals surface area contributed by atoms with Crippen LogP contribution in [0.25, 0.3) is 0 Å². The van der Waals surface area contributed by atoms with Gasteiger partial charge in [-0.05, 0) is 38.2 Å². The van der Waals surface area contributed by atoms with Gasteiger partial charge in [0.25, 0.3) is 0 Å². The third-order valence-electron chi connectivity index (χ3n) is 2.53. The van der Waals surface area contributed by atoms with E-state index in [4.69, 9.17) is 0 Å². The van der Waals surface area contributed by atoms with Crippen LogP contribution in [-0.4, -0.2) is 5.78 Å². The van der Waals surface area contributed by atoms with E-state index in [1.165, 1.54) is 5.57 Å². The summed E-state index contributed by atoms with van der Waals surface area (Å²) in [5.74, 6) is 0.365. The van der Waals surface area contributed by atoms with E-state index in [9.17, 15) is 4.79 Å². The highest BCUT2D eigenvalue weighted by Crippen LogP contribution is 2.23. The zero-order valence-electron chi connectivity index (χ0n) is 8.60. The first-order chi connectivity index (χ1) is 6.25. The predicted octanol–water partition coefficient (Wildman–Crippen LogP) is 3.41. The summed E-state index contributed by atoms with van der Waals surface area (Å²) in [6.45, 7) is 4.20. The minimum atomic E-state index is 0.365. The van der Waals surface area contributed by atoms with Crippen molar-refractivity contribution in [2.45, 2.75) is 46.0 Å². The average molecular weight is 178 g/mol. The quantitative estimate of drug-likeness (QED) is 0.605. The first-order valence-electron chi connectivity index (χ1n) is 5.12. The van der Waals surface area contributed by atoms with Crippen molar-refractivity contribution in [3.63, 3.8) is 0 Å². The van der Waals surface area contributed by atoms with Gasteiger partial charge in [-0.2, -0.15) is 0 Å². The van der Waals surface area contributed by atoms with Gasteiger partial charge in [0.1, 0.15) is 0 Å². The van der Waals surface area contributed by atoms with E-state index in [2.05, 4.69) is 26.0 Å². The Morgan fingerprint density at radius 2 is 2.08 bits per heavy atom. The molecule has 1 rings (SSSR count). The number of carbonyl (C=O) groups is 1. The van der Waals surface area contributed by atoms with Gasteiger partial charge in [-0.1, -0.05) is 24.6 Å². The molecule has 0 aromatic rings. The maximum absolute atomic E-state index is 11.5. The predicted molar refractivity (Wildman–Crippen MR) is 55.6 cm³/mol. The fraction of sp³-hybridized carbons (Fsp3) is 0.583. The number of ketones is 1. The van der Waals surface area contributed by atoms with E-state index < -0.39 is 0 Å². The zero-order valence-corrected chi connectivity index (χ0v) is 8.60. The smallest absolute Gasteiger partial charge is 0.159 e. The summed E-state index contributed by atoms with van der Waals surface area (Å²) in [7, 11) is 0. The van der Waals surface area contributed by atoms with Crippen molar-refractivity contribution in [1.29, 1.82) is 0 Å². The van der Waals surface area contributed by atoms with E-state index in [1.54, 1.807) is 0 Å². The molecule has 0 aliphatic heterocycles. The van der Waals surface area contributed by atoms with Crippen molar-refractivity contribution in [2.24, 2.45) is 0 Å². The molecule has 0 amide bonds. The molecule has 0 bridgehead atoms. The third kappa shape index (κ3) is 2.83. The molecular formula is C12H18O. The van der Waals surface area contributed by atoms with Gasteiger partial charge in [0.15, 0.2) is 5.78 Å². The number of allylic oxidation sites excluding steroid dienone is 4. The Balaban J connectivity index is 2.63. The monoisotopic (exact) mass is 178 g/mol. The number of rotatable bonds is 3. The molecule has 0 saturated carbocycles. The molecule has 72 valence electrons. The summed E-state index contributed by atoms with van der Waals surface area (Å²) < 4.78 is 0. The molecule has 0 heterocycles. The molecule has 0 aromatic carbocycles. The Hall–Kier alpha value is -0.850. The fourth-order valence-corrected chi connectivity index (χ4v) is 1.71. The van der Waals surface area contributed by atoms with E-state index in [0.717, 1.165) is 37.7 Å². The number of hydrogen-bond acceptors (Lipinski definition) is 1. The van der Waals surface area contributed by atoms with Gasteiger partial charge in [0.05, 0.1) is 0 Å². The van der Waals surface area contributed by atoms with Gasteiger partial charge < -0.3 is 0 Å². The Kier molecular flexibility index (Phi) is 3.94. The van der Waals surface area contributed by atoms with Crippen LogP contribution in [0.1, 0.15) is 46.0 Å². The summed E-state index contributed by atoms with van der Waals surface area (Å²) in [5.41, 5.74) is 2.37. The van der Waals surface area contributed by atoms with Crippen molar-refractivity contribution in [2.75, 3.05) is 0 Å². The van der Waals surface area contributed by atoms with Crippen LogP contribution in [0, 0.1) is 0 Å². The maximum Gasteiger partial charge on any atom is 0.159 e. The van der Waals surface area contributed by atoms with Gasteiger partial charge in [-0.3, -0.25) is 4.79 Å². The molecule has 0 spiro atoms. The summed E-state index contributed by atoms with van der Waals surface area (Å²) >= 11 is 0. The van der Waals surface area contributed by atoms with E-state index in [1.807, 2.05) is 0 Å². The molecule has 0 aromatic heterocycles. The average Bonchev–Trinajstić information content (AvgIpc) is 2.10. The van der Waals surface area contributed by atoms with Crippen LogP contribution >= 0.6 is 0 Å². The number of Topliss-reactive ketones (excluding diaryl/α,β-unsaturated/α-hetero) is 1. The van der Waals surface area contributed by atoms with Crippen LogP contribution in [-0.2, 0) is 4.79 Å². The minimum absolute atomic E-state index is 0.365. The van der Waals surface area contributed by atoms with E-state index >= 15 is 0 Å². The standard InChI is InChI=1S/C12H18O/c1-3-4-5-8-11-10(2)7-6-9-12(11)13/h4-5H,3,6-9H2,1-2H3/b5-4-. The van der Waals surface area contributed by atoms with Crippen molar-refractivity contribution in [3.05, 3.63) is 23.3 Å². The number of hydrogen-bond donors (Lipinski definition) is 0. The molecule has 13 heavy (non-hydrogen) atoms.